The molecule has 1 atom stereocenters. The van der Waals surface area contributed by atoms with Crippen LogP contribution in [0.25, 0.3) is 0 Å². The molecule has 0 aliphatic carbocycles. The van der Waals surface area contributed by atoms with Crippen LogP contribution < -0.4 is 4.72 Å². The Morgan fingerprint density at radius 3 is 2.78 bits per heavy atom. The van der Waals surface area contributed by atoms with Crippen LogP contribution in [0.5, 0.6) is 0 Å². The molecule has 0 aliphatic rings. The first kappa shape index (κ1) is 13.6. The van der Waals surface area contributed by atoms with Gasteiger partial charge in [-0.2, -0.15) is 0 Å². The average Bonchev–Trinajstić information content (AvgIpc) is 2.96. The van der Waals surface area contributed by atoms with Crippen molar-refractivity contribution < 1.29 is 17.9 Å². The number of nitrogens with one attached hydrogen (secondary N) is 1. The quantitative estimate of drug-likeness (QED) is 0.885. The van der Waals surface area contributed by atoms with Crippen LogP contribution >= 0.6 is 22.9 Å². The predicted octanol–water partition coefficient (Wildman–Crippen LogP) is 2.01. The molecule has 0 saturated carbocycles. The normalized spacial score (nSPS) is 13.7. The number of thiophene rings is 1. The van der Waals surface area contributed by atoms with Gasteiger partial charge in [-0.05, 0) is 18.2 Å². The van der Waals surface area contributed by atoms with Crippen LogP contribution in [0, 0.1) is 0 Å². The number of rotatable bonds is 5. The van der Waals surface area contributed by atoms with Crippen LogP contribution in [0.4, 0.5) is 0 Å². The molecule has 0 saturated heterocycles. The molecule has 0 radical (unpaired) electrons. The van der Waals surface area contributed by atoms with Crippen molar-refractivity contribution in [1.29, 1.82) is 0 Å². The minimum Gasteiger partial charge on any atom is -0.472 e. The minimum atomic E-state index is -3.63. The average molecular weight is 308 g/mol. The summed E-state index contributed by atoms with van der Waals surface area (Å²) in [6.45, 7) is -0.128. The second kappa shape index (κ2) is 5.41. The molecule has 2 rings (SSSR count). The Labute approximate surface area is 113 Å². The van der Waals surface area contributed by atoms with E-state index in [9.17, 15) is 13.5 Å². The summed E-state index contributed by atoms with van der Waals surface area (Å²) in [6, 6.07) is 4.49. The maximum atomic E-state index is 11.8. The summed E-state index contributed by atoms with van der Waals surface area (Å²) in [4.78, 5) is 0. The number of halogens is 1. The van der Waals surface area contributed by atoms with Crippen LogP contribution in [0.15, 0.2) is 39.4 Å². The summed E-state index contributed by atoms with van der Waals surface area (Å²) in [7, 11) is -3.63. The smallest absolute Gasteiger partial charge is 0.250 e. The zero-order valence-corrected chi connectivity index (χ0v) is 11.4. The molecule has 18 heavy (non-hydrogen) atoms. The molecule has 0 bridgehead atoms. The number of hydrogen-bond donors (Lipinski definition) is 2. The predicted molar refractivity (Wildman–Crippen MR) is 68.2 cm³/mol. The van der Waals surface area contributed by atoms with E-state index in [1.807, 2.05) is 0 Å². The fraction of sp³-hybridized carbons (Fsp3) is 0.200. The van der Waals surface area contributed by atoms with Gasteiger partial charge in [-0.3, -0.25) is 0 Å². The van der Waals surface area contributed by atoms with Gasteiger partial charge in [0.25, 0.3) is 0 Å². The number of hydrogen-bond acceptors (Lipinski definition) is 5. The van der Waals surface area contributed by atoms with Crippen LogP contribution in [-0.4, -0.2) is 20.1 Å². The van der Waals surface area contributed by atoms with Gasteiger partial charge >= 0.3 is 0 Å². The second-order valence-corrected chi connectivity index (χ2v) is 7.19. The molecule has 5 nitrogen and oxygen atoms in total. The topological polar surface area (TPSA) is 79.5 Å². The van der Waals surface area contributed by atoms with E-state index in [2.05, 4.69) is 4.72 Å². The summed E-state index contributed by atoms with van der Waals surface area (Å²) in [5, 5.41) is 9.72. The van der Waals surface area contributed by atoms with Crippen LogP contribution in [0.2, 0.25) is 4.34 Å². The van der Waals surface area contributed by atoms with Gasteiger partial charge in [0.1, 0.15) is 4.21 Å². The van der Waals surface area contributed by atoms with Crippen LogP contribution in [-0.2, 0) is 10.0 Å². The lowest BCUT2D eigenvalue weighted by Crippen LogP contribution is -2.27. The van der Waals surface area contributed by atoms with Gasteiger partial charge in [0.05, 0.1) is 23.0 Å². The van der Waals surface area contributed by atoms with Crippen molar-refractivity contribution in [2.45, 2.75) is 10.3 Å². The third-order valence-electron chi connectivity index (χ3n) is 2.21. The number of aliphatic hydroxyl groups is 1. The fourth-order valence-electron chi connectivity index (χ4n) is 1.28. The Hall–Kier alpha value is -0.860. The summed E-state index contributed by atoms with van der Waals surface area (Å²) >= 11 is 6.63. The summed E-state index contributed by atoms with van der Waals surface area (Å²) in [6.07, 6.45) is 1.82. The van der Waals surface area contributed by atoms with E-state index >= 15 is 0 Å². The Morgan fingerprint density at radius 1 is 1.44 bits per heavy atom. The summed E-state index contributed by atoms with van der Waals surface area (Å²) in [5.41, 5.74) is 0.516. The third-order valence-corrected chi connectivity index (χ3v) is 5.35. The van der Waals surface area contributed by atoms with E-state index in [4.69, 9.17) is 16.0 Å². The Morgan fingerprint density at radius 2 is 2.22 bits per heavy atom. The Kier molecular flexibility index (Phi) is 4.08. The van der Waals surface area contributed by atoms with Crippen molar-refractivity contribution in [2.24, 2.45) is 0 Å². The molecule has 0 spiro atoms. The molecule has 2 aromatic rings. The van der Waals surface area contributed by atoms with Gasteiger partial charge in [-0.15, -0.1) is 11.3 Å². The minimum absolute atomic E-state index is 0.117. The molecule has 0 aromatic carbocycles. The van der Waals surface area contributed by atoms with E-state index in [0.717, 1.165) is 11.3 Å². The second-order valence-electron chi connectivity index (χ2n) is 3.48. The van der Waals surface area contributed by atoms with E-state index < -0.39 is 16.1 Å². The van der Waals surface area contributed by atoms with E-state index in [0.29, 0.717) is 9.90 Å². The first-order valence-electron chi connectivity index (χ1n) is 4.94. The van der Waals surface area contributed by atoms with Crippen molar-refractivity contribution in [3.05, 3.63) is 40.6 Å². The largest absolute Gasteiger partial charge is 0.472 e. The molecule has 0 amide bonds. The zero-order chi connectivity index (χ0) is 13.2. The van der Waals surface area contributed by atoms with Crippen molar-refractivity contribution in [3.63, 3.8) is 0 Å². The molecule has 98 valence electrons. The Bertz CT molecular complexity index is 606. The maximum absolute atomic E-state index is 11.8. The number of furan rings is 1. The number of sulfonamides is 1. The van der Waals surface area contributed by atoms with E-state index in [-0.39, 0.29) is 10.8 Å². The highest BCUT2D eigenvalue weighted by Gasteiger charge is 2.18. The van der Waals surface area contributed by atoms with E-state index in [1.165, 1.54) is 24.7 Å². The lowest BCUT2D eigenvalue weighted by Gasteiger charge is -2.09. The standard InChI is InChI=1S/C10H10ClNO4S2/c11-9-1-2-10(17-9)18(14,15)12-5-8(13)7-3-4-16-6-7/h1-4,6,8,12-13H,5H2/t8-/m1/s1. The van der Waals surface area contributed by atoms with Crippen molar-refractivity contribution in [2.75, 3.05) is 6.54 Å². The van der Waals surface area contributed by atoms with Gasteiger partial charge in [-0.25, -0.2) is 13.1 Å². The molecule has 0 aliphatic heterocycles. The lowest BCUT2D eigenvalue weighted by atomic mass is 10.2. The molecule has 2 heterocycles. The van der Waals surface area contributed by atoms with Crippen LogP contribution in [0.3, 0.4) is 0 Å². The highest BCUT2D eigenvalue weighted by Crippen LogP contribution is 2.25. The summed E-state index contributed by atoms with van der Waals surface area (Å²) in [5.74, 6) is 0. The third kappa shape index (κ3) is 3.12. The van der Waals surface area contributed by atoms with Gasteiger partial charge in [0, 0.05) is 12.1 Å². The van der Waals surface area contributed by atoms with E-state index in [1.54, 1.807) is 6.07 Å². The van der Waals surface area contributed by atoms with Gasteiger partial charge < -0.3 is 9.52 Å². The molecular weight excluding hydrogens is 298 g/mol. The van der Waals surface area contributed by atoms with Crippen molar-refractivity contribution in [3.8, 4) is 0 Å². The van der Waals surface area contributed by atoms with Gasteiger partial charge in [0.15, 0.2) is 0 Å². The zero-order valence-electron chi connectivity index (χ0n) is 9.04. The first-order valence-corrected chi connectivity index (χ1v) is 7.62. The summed E-state index contributed by atoms with van der Waals surface area (Å²) < 4.78 is 31.3. The highest BCUT2D eigenvalue weighted by atomic mass is 35.5. The monoisotopic (exact) mass is 307 g/mol. The SMILES string of the molecule is O=S(=O)(NC[C@@H](O)c1ccoc1)c1ccc(Cl)s1. The van der Waals surface area contributed by atoms with Crippen molar-refractivity contribution in [1.82, 2.24) is 4.72 Å². The molecular formula is C10H10ClNO4S2. The molecule has 0 unspecified atom stereocenters. The highest BCUT2D eigenvalue weighted by molar-refractivity contribution is 7.91. The lowest BCUT2D eigenvalue weighted by molar-refractivity contribution is 0.181. The van der Waals surface area contributed by atoms with Gasteiger partial charge in [0.2, 0.25) is 10.0 Å². The van der Waals surface area contributed by atoms with Crippen LogP contribution in [0.1, 0.15) is 11.7 Å². The number of aliphatic hydroxyl groups excluding tert-OH is 1. The fourth-order valence-corrected chi connectivity index (χ4v) is 3.85. The maximum Gasteiger partial charge on any atom is 0.250 e. The van der Waals surface area contributed by atoms with Crippen molar-refractivity contribution >= 4 is 33.0 Å². The first-order chi connectivity index (χ1) is 8.49. The molecule has 8 heteroatoms. The molecule has 2 aromatic heterocycles. The molecule has 2 N–H and O–H groups in total. The Balaban J connectivity index is 2.02. The van der Waals surface area contributed by atoms with Gasteiger partial charge in [-0.1, -0.05) is 11.6 Å². The molecule has 0 fully saturated rings.